The lowest BCUT2D eigenvalue weighted by atomic mass is 9.58. The van der Waals surface area contributed by atoms with Gasteiger partial charge in [-0.05, 0) is 54.3 Å². The van der Waals surface area contributed by atoms with E-state index in [0.29, 0.717) is 17.9 Å². The molecule has 3 rings (SSSR count). The van der Waals surface area contributed by atoms with Crippen molar-refractivity contribution in [3.63, 3.8) is 0 Å². The topological polar surface area (TPSA) is 48.8 Å². The van der Waals surface area contributed by atoms with E-state index >= 15 is 0 Å². The van der Waals surface area contributed by atoms with Gasteiger partial charge in [-0.1, -0.05) is 28.8 Å². The Balaban J connectivity index is 2.13. The third-order valence-electron chi connectivity index (χ3n) is 4.20. The molecule has 2 aromatic rings. The highest BCUT2D eigenvalue weighted by atomic mass is 35.5. The summed E-state index contributed by atoms with van der Waals surface area (Å²) in [5, 5.41) is 4.21. The smallest absolute Gasteiger partial charge is 0.127 e. The zero-order chi connectivity index (χ0) is 15.7. The first-order chi connectivity index (χ1) is 10.5. The summed E-state index contributed by atoms with van der Waals surface area (Å²) in [6.07, 6.45) is 0.857. The van der Waals surface area contributed by atoms with Crippen molar-refractivity contribution >= 4 is 11.6 Å². The summed E-state index contributed by atoms with van der Waals surface area (Å²) < 4.78 is 27.9. The van der Waals surface area contributed by atoms with E-state index in [-0.39, 0.29) is 11.6 Å². The van der Waals surface area contributed by atoms with Gasteiger partial charge in [-0.3, -0.25) is 0 Å². The van der Waals surface area contributed by atoms with Crippen molar-refractivity contribution < 1.29 is 8.78 Å². The predicted octanol–water partition coefficient (Wildman–Crippen LogP) is 5.38. The highest BCUT2D eigenvalue weighted by molar-refractivity contribution is 6.30. The molecule has 0 spiro atoms. The summed E-state index contributed by atoms with van der Waals surface area (Å²) in [6.45, 7) is 0. The number of hydrogen-bond acceptors (Lipinski definition) is 1. The molecule has 1 aliphatic rings. The molecule has 1 aliphatic carbocycles. The van der Waals surface area contributed by atoms with Crippen molar-refractivity contribution in [3.05, 3.63) is 80.7 Å². The van der Waals surface area contributed by atoms with Gasteiger partial charge in [0.05, 0.1) is 0 Å². The lowest BCUT2D eigenvalue weighted by molar-refractivity contribution is 0.244. The van der Waals surface area contributed by atoms with E-state index in [1.807, 2.05) is 6.07 Å². The van der Waals surface area contributed by atoms with Crippen LogP contribution in [-0.2, 0) is 5.41 Å². The fourth-order valence-corrected chi connectivity index (χ4v) is 3.35. The van der Waals surface area contributed by atoms with Crippen LogP contribution >= 0.6 is 11.6 Å². The van der Waals surface area contributed by atoms with Crippen molar-refractivity contribution in [2.24, 2.45) is 5.11 Å². The number of halogens is 3. The second kappa shape index (κ2) is 5.59. The van der Waals surface area contributed by atoms with Crippen LogP contribution in [0.3, 0.4) is 0 Å². The maximum atomic E-state index is 14.3. The molecule has 0 N–H and O–H groups in total. The average Bonchev–Trinajstić information content (AvgIpc) is 2.45. The second-order valence-corrected chi connectivity index (χ2v) is 5.92. The number of hydrogen-bond donors (Lipinski definition) is 0. The molecule has 0 amide bonds. The first-order valence-electron chi connectivity index (χ1n) is 6.81. The molecular formula is C16H12ClF2N3. The molecule has 1 fully saturated rings. The van der Waals surface area contributed by atoms with Gasteiger partial charge in [-0.25, -0.2) is 8.78 Å². The van der Waals surface area contributed by atoms with Crippen LogP contribution in [0, 0.1) is 11.6 Å². The molecule has 0 bridgehead atoms. The van der Waals surface area contributed by atoms with Gasteiger partial charge in [0, 0.05) is 27.0 Å². The van der Waals surface area contributed by atoms with Crippen LogP contribution in [0.5, 0.6) is 0 Å². The molecule has 0 unspecified atom stereocenters. The Kier molecular flexibility index (Phi) is 3.77. The van der Waals surface area contributed by atoms with Crippen molar-refractivity contribution in [2.75, 3.05) is 0 Å². The van der Waals surface area contributed by atoms with Crippen molar-refractivity contribution in [2.45, 2.75) is 24.3 Å². The van der Waals surface area contributed by atoms with Crippen LogP contribution in [0.4, 0.5) is 8.78 Å². The Morgan fingerprint density at radius 3 is 2.64 bits per heavy atom. The number of nitrogens with zero attached hydrogens (tertiary/aromatic N) is 3. The van der Waals surface area contributed by atoms with Crippen LogP contribution in [0.15, 0.2) is 47.6 Å². The fourth-order valence-electron chi connectivity index (χ4n) is 3.16. The van der Waals surface area contributed by atoms with E-state index in [0.717, 1.165) is 17.7 Å². The molecule has 1 saturated carbocycles. The monoisotopic (exact) mass is 319 g/mol. The van der Waals surface area contributed by atoms with E-state index < -0.39 is 17.0 Å². The number of rotatable bonds is 3. The molecule has 3 nitrogen and oxygen atoms in total. The summed E-state index contributed by atoms with van der Waals surface area (Å²) in [7, 11) is 0. The summed E-state index contributed by atoms with van der Waals surface area (Å²) in [5.41, 5.74) is 8.92. The minimum atomic E-state index is -0.712. The fraction of sp³-hybridized carbons (Fsp3) is 0.250. The van der Waals surface area contributed by atoms with Gasteiger partial charge in [0.1, 0.15) is 11.6 Å². The van der Waals surface area contributed by atoms with Crippen LogP contribution in [0.1, 0.15) is 24.0 Å². The van der Waals surface area contributed by atoms with Gasteiger partial charge in [0.15, 0.2) is 0 Å². The lowest BCUT2D eigenvalue weighted by Crippen LogP contribution is -2.45. The normalized spacial score (nSPS) is 23.5. The van der Waals surface area contributed by atoms with E-state index in [2.05, 4.69) is 10.0 Å². The third kappa shape index (κ3) is 2.43. The largest absolute Gasteiger partial charge is 0.207 e. The molecule has 0 aliphatic heterocycles. The van der Waals surface area contributed by atoms with Crippen LogP contribution < -0.4 is 0 Å². The summed E-state index contributed by atoms with van der Waals surface area (Å²) in [5.74, 6) is -0.967. The molecule has 6 heteroatoms. The van der Waals surface area contributed by atoms with Gasteiger partial charge in [0.2, 0.25) is 0 Å². The Morgan fingerprint density at radius 2 is 1.95 bits per heavy atom. The maximum absolute atomic E-state index is 14.3. The lowest BCUT2D eigenvalue weighted by Gasteiger charge is -2.47. The summed E-state index contributed by atoms with van der Waals surface area (Å²) >= 11 is 6.04. The second-order valence-electron chi connectivity index (χ2n) is 5.48. The highest BCUT2D eigenvalue weighted by Crippen LogP contribution is 2.51. The van der Waals surface area contributed by atoms with E-state index in [4.69, 9.17) is 17.1 Å². The Bertz CT molecular complexity index is 766. The number of azide groups is 1. The van der Waals surface area contributed by atoms with Gasteiger partial charge in [-0.15, -0.1) is 0 Å². The molecule has 0 aromatic heterocycles. The molecule has 0 radical (unpaired) electrons. The molecule has 112 valence electrons. The maximum Gasteiger partial charge on any atom is 0.127 e. The molecule has 0 atom stereocenters. The van der Waals surface area contributed by atoms with Gasteiger partial charge >= 0.3 is 0 Å². The summed E-state index contributed by atoms with van der Waals surface area (Å²) in [4.78, 5) is 2.80. The molecule has 2 aromatic carbocycles. The average molecular weight is 320 g/mol. The number of benzene rings is 2. The molecule has 0 heterocycles. The molecular weight excluding hydrogens is 308 g/mol. The third-order valence-corrected chi connectivity index (χ3v) is 4.44. The Morgan fingerprint density at radius 1 is 1.18 bits per heavy atom. The van der Waals surface area contributed by atoms with E-state index in [9.17, 15) is 8.78 Å². The van der Waals surface area contributed by atoms with E-state index in [1.54, 1.807) is 18.2 Å². The van der Waals surface area contributed by atoms with Crippen LogP contribution in [0.2, 0.25) is 5.02 Å². The minimum Gasteiger partial charge on any atom is -0.207 e. The first-order valence-corrected chi connectivity index (χ1v) is 7.19. The highest BCUT2D eigenvalue weighted by Gasteiger charge is 2.48. The van der Waals surface area contributed by atoms with Crippen molar-refractivity contribution in [1.82, 2.24) is 0 Å². The van der Waals surface area contributed by atoms with Gasteiger partial charge < -0.3 is 0 Å². The van der Waals surface area contributed by atoms with Gasteiger partial charge in [-0.2, -0.15) is 0 Å². The van der Waals surface area contributed by atoms with E-state index in [1.165, 1.54) is 6.07 Å². The molecule has 0 saturated heterocycles. The SMILES string of the molecule is [N-]=[N+]=NC1CC(c2cccc(Cl)c2)(c2cc(F)ccc2F)C1. The summed E-state index contributed by atoms with van der Waals surface area (Å²) in [6, 6.07) is 10.3. The Hall–Kier alpha value is -2.10. The predicted molar refractivity (Wildman–Crippen MR) is 80.8 cm³/mol. The van der Waals surface area contributed by atoms with Crippen LogP contribution in [0.25, 0.3) is 10.4 Å². The zero-order valence-electron chi connectivity index (χ0n) is 11.5. The first kappa shape index (κ1) is 14.8. The zero-order valence-corrected chi connectivity index (χ0v) is 12.3. The Labute approximate surface area is 131 Å². The van der Waals surface area contributed by atoms with Gasteiger partial charge in [0.25, 0.3) is 0 Å². The standard InChI is InChI=1S/C16H12ClF2N3/c17-11-3-1-2-10(6-11)16(8-13(9-16)21-22-20)14-7-12(18)4-5-15(14)19/h1-7,13H,8-9H2. The van der Waals surface area contributed by atoms with Crippen LogP contribution in [-0.4, -0.2) is 6.04 Å². The van der Waals surface area contributed by atoms with Crippen molar-refractivity contribution in [3.8, 4) is 0 Å². The minimum absolute atomic E-state index is 0.230. The van der Waals surface area contributed by atoms with Crippen molar-refractivity contribution in [1.29, 1.82) is 0 Å². The molecule has 22 heavy (non-hydrogen) atoms. The quantitative estimate of drug-likeness (QED) is 0.414.